The molecule has 3 rings (SSSR count). The van der Waals surface area contributed by atoms with Gasteiger partial charge >= 0.3 is 11.9 Å². The molecule has 0 saturated heterocycles. The summed E-state index contributed by atoms with van der Waals surface area (Å²) < 4.78 is 10.7. The van der Waals surface area contributed by atoms with Crippen LogP contribution in [0.15, 0.2) is 30.3 Å². The fraction of sp³-hybridized carbons (Fsp3) is 0.429. The molecule has 0 bridgehead atoms. The van der Waals surface area contributed by atoms with Gasteiger partial charge in [0.05, 0.1) is 29.5 Å². The molecule has 6 heteroatoms. The number of carbonyl (C=O) groups is 2. The minimum atomic E-state index is -0.529. The molecule has 1 saturated carbocycles. The first-order chi connectivity index (χ1) is 13.0. The fourth-order valence-electron chi connectivity index (χ4n) is 3.38. The number of benzene rings is 2. The molecule has 0 atom stereocenters. The third-order valence-corrected chi connectivity index (χ3v) is 5.45. The lowest BCUT2D eigenvalue weighted by Crippen LogP contribution is -2.18. The first-order valence-electron chi connectivity index (χ1n) is 9.27. The molecule has 144 valence electrons. The predicted molar refractivity (Wildman–Crippen MR) is 106 cm³/mol. The first-order valence-corrected chi connectivity index (χ1v) is 10.0. The molecule has 1 aliphatic rings. The molecule has 27 heavy (non-hydrogen) atoms. The fourth-order valence-corrected chi connectivity index (χ4v) is 3.96. The molecular formula is C21H22Cl2O4. The van der Waals surface area contributed by atoms with Gasteiger partial charge in [0.25, 0.3) is 0 Å². The zero-order valence-electron chi connectivity index (χ0n) is 15.0. The van der Waals surface area contributed by atoms with E-state index in [1.165, 1.54) is 19.3 Å². The lowest BCUT2D eigenvalue weighted by molar-refractivity contribution is -0.148. The smallest absolute Gasteiger partial charge is 0.311 e. The van der Waals surface area contributed by atoms with Crippen molar-refractivity contribution in [2.24, 2.45) is 5.92 Å². The number of hydrogen-bond donors (Lipinski definition) is 0. The minimum absolute atomic E-state index is 0.00526. The quantitative estimate of drug-likeness (QED) is 0.437. The third kappa shape index (κ3) is 5.36. The van der Waals surface area contributed by atoms with Crippen molar-refractivity contribution in [1.29, 1.82) is 0 Å². The molecule has 4 nitrogen and oxygen atoms in total. The summed E-state index contributed by atoms with van der Waals surface area (Å²) in [7, 11) is 0. The number of halogens is 2. The van der Waals surface area contributed by atoms with Crippen LogP contribution in [0, 0.1) is 5.92 Å². The van der Waals surface area contributed by atoms with E-state index in [-0.39, 0.29) is 29.6 Å². The van der Waals surface area contributed by atoms with Gasteiger partial charge in [-0.1, -0.05) is 66.7 Å². The van der Waals surface area contributed by atoms with Gasteiger partial charge in [-0.3, -0.25) is 9.59 Å². The zero-order chi connectivity index (χ0) is 19.2. The first kappa shape index (κ1) is 20.0. The number of carbonyl (C=O) groups excluding carboxylic acids is 2. The van der Waals surface area contributed by atoms with Crippen LogP contribution in [0.2, 0.25) is 10.0 Å². The Labute approximate surface area is 168 Å². The van der Waals surface area contributed by atoms with Crippen molar-refractivity contribution in [2.75, 3.05) is 6.61 Å². The second-order valence-corrected chi connectivity index (χ2v) is 7.69. The van der Waals surface area contributed by atoms with Crippen LogP contribution in [0.1, 0.15) is 44.9 Å². The number of ether oxygens (including phenoxy) is 2. The van der Waals surface area contributed by atoms with E-state index in [2.05, 4.69) is 0 Å². The van der Waals surface area contributed by atoms with E-state index in [1.54, 1.807) is 12.1 Å². The van der Waals surface area contributed by atoms with Crippen LogP contribution in [-0.2, 0) is 14.3 Å². The van der Waals surface area contributed by atoms with Crippen LogP contribution in [0.25, 0.3) is 10.8 Å². The predicted octanol–water partition coefficient (Wildman–Crippen LogP) is 5.96. The van der Waals surface area contributed by atoms with Crippen LogP contribution in [0.5, 0.6) is 5.75 Å². The van der Waals surface area contributed by atoms with Gasteiger partial charge < -0.3 is 9.47 Å². The van der Waals surface area contributed by atoms with Crippen molar-refractivity contribution in [3.05, 3.63) is 40.4 Å². The summed E-state index contributed by atoms with van der Waals surface area (Å²) in [4.78, 5) is 24.1. The van der Waals surface area contributed by atoms with Gasteiger partial charge in [-0.05, 0) is 24.8 Å². The summed E-state index contributed by atoms with van der Waals surface area (Å²) in [6, 6.07) is 8.82. The van der Waals surface area contributed by atoms with E-state index in [0.717, 1.165) is 18.2 Å². The number of esters is 2. The Hall–Kier alpha value is -1.78. The van der Waals surface area contributed by atoms with E-state index >= 15 is 0 Å². The van der Waals surface area contributed by atoms with E-state index in [1.807, 2.05) is 18.2 Å². The summed E-state index contributed by atoms with van der Waals surface area (Å²) in [5.74, 6) is -0.185. The van der Waals surface area contributed by atoms with Gasteiger partial charge in [0.2, 0.25) is 0 Å². The van der Waals surface area contributed by atoms with Crippen LogP contribution >= 0.6 is 23.2 Å². The average Bonchev–Trinajstić information content (AvgIpc) is 2.69. The van der Waals surface area contributed by atoms with Crippen molar-refractivity contribution >= 4 is 45.9 Å². The van der Waals surface area contributed by atoms with E-state index < -0.39 is 5.97 Å². The molecular weight excluding hydrogens is 387 g/mol. The van der Waals surface area contributed by atoms with Crippen LogP contribution in [0.3, 0.4) is 0 Å². The molecule has 1 fully saturated rings. The Balaban J connectivity index is 1.53. The van der Waals surface area contributed by atoms with Crippen molar-refractivity contribution in [3.8, 4) is 5.75 Å². The van der Waals surface area contributed by atoms with Gasteiger partial charge in [-0.2, -0.15) is 0 Å². The molecule has 0 aromatic heterocycles. The molecule has 0 amide bonds. The minimum Gasteiger partial charge on any atom is -0.465 e. The molecule has 0 aliphatic heterocycles. The SMILES string of the molecule is O=C(CCC(=O)Oc1c(Cl)cc(Cl)c2ccccc12)OCC1CCCCC1. The highest BCUT2D eigenvalue weighted by atomic mass is 35.5. The Morgan fingerprint density at radius 2 is 1.59 bits per heavy atom. The van der Waals surface area contributed by atoms with E-state index in [9.17, 15) is 9.59 Å². The Morgan fingerprint density at radius 3 is 2.33 bits per heavy atom. The molecule has 0 heterocycles. The van der Waals surface area contributed by atoms with Crippen molar-refractivity contribution in [1.82, 2.24) is 0 Å². The topological polar surface area (TPSA) is 52.6 Å². The van der Waals surface area contributed by atoms with Crippen LogP contribution in [-0.4, -0.2) is 18.5 Å². The van der Waals surface area contributed by atoms with Crippen molar-refractivity contribution in [2.45, 2.75) is 44.9 Å². The van der Waals surface area contributed by atoms with Crippen molar-refractivity contribution in [3.63, 3.8) is 0 Å². The van der Waals surface area contributed by atoms with Gasteiger partial charge in [-0.15, -0.1) is 0 Å². The zero-order valence-corrected chi connectivity index (χ0v) is 16.5. The maximum absolute atomic E-state index is 12.2. The molecule has 1 aliphatic carbocycles. The standard InChI is InChI=1S/C21H22Cl2O4/c22-17-12-18(23)21(16-9-5-4-8-15(16)17)27-20(25)11-10-19(24)26-13-14-6-2-1-3-7-14/h4-5,8-9,12,14H,1-3,6-7,10-11,13H2. The molecule has 0 unspecified atom stereocenters. The lowest BCUT2D eigenvalue weighted by atomic mass is 9.90. The number of rotatable bonds is 6. The Kier molecular flexibility index (Phi) is 6.97. The second kappa shape index (κ2) is 9.43. The summed E-state index contributed by atoms with van der Waals surface area (Å²) in [6.45, 7) is 0.446. The second-order valence-electron chi connectivity index (χ2n) is 6.88. The molecule has 2 aromatic carbocycles. The van der Waals surface area contributed by atoms with Gasteiger partial charge in [0, 0.05) is 10.8 Å². The van der Waals surface area contributed by atoms with Gasteiger partial charge in [0.1, 0.15) is 0 Å². The summed E-state index contributed by atoms with van der Waals surface area (Å²) in [5, 5.41) is 2.15. The number of hydrogen-bond acceptors (Lipinski definition) is 4. The maximum atomic E-state index is 12.2. The highest BCUT2D eigenvalue weighted by Crippen LogP contribution is 2.38. The maximum Gasteiger partial charge on any atom is 0.311 e. The monoisotopic (exact) mass is 408 g/mol. The van der Waals surface area contributed by atoms with Gasteiger partial charge in [-0.25, -0.2) is 0 Å². The Morgan fingerprint density at radius 1 is 0.926 bits per heavy atom. The highest BCUT2D eigenvalue weighted by Gasteiger charge is 2.18. The van der Waals surface area contributed by atoms with Crippen molar-refractivity contribution < 1.29 is 19.1 Å². The number of fused-ring (bicyclic) bond motifs is 1. The third-order valence-electron chi connectivity index (χ3n) is 4.85. The molecule has 0 radical (unpaired) electrons. The lowest BCUT2D eigenvalue weighted by Gasteiger charge is -2.20. The highest BCUT2D eigenvalue weighted by molar-refractivity contribution is 6.40. The summed E-state index contributed by atoms with van der Waals surface area (Å²) in [5.41, 5.74) is 0. The molecule has 2 aromatic rings. The average molecular weight is 409 g/mol. The van der Waals surface area contributed by atoms with E-state index in [4.69, 9.17) is 32.7 Å². The van der Waals surface area contributed by atoms with Crippen LogP contribution < -0.4 is 4.74 Å². The summed E-state index contributed by atoms with van der Waals surface area (Å²) in [6.07, 6.45) is 5.81. The van der Waals surface area contributed by atoms with Gasteiger partial charge in [0.15, 0.2) is 5.75 Å². The summed E-state index contributed by atoms with van der Waals surface area (Å²) >= 11 is 12.4. The molecule has 0 spiro atoms. The van der Waals surface area contributed by atoms with Crippen LogP contribution in [0.4, 0.5) is 0 Å². The molecule has 0 N–H and O–H groups in total. The normalized spacial score (nSPS) is 14.9. The van der Waals surface area contributed by atoms with E-state index in [0.29, 0.717) is 22.9 Å². The largest absolute Gasteiger partial charge is 0.465 e. The Bertz CT molecular complexity index is 828.